The monoisotopic (exact) mass is 170 g/mol. The lowest BCUT2D eigenvalue weighted by molar-refractivity contribution is -0.162. The standard InChI is InChI=1S/C10H18O2/c1-7-10(5,6)12-8(11)9(2,3)4/h7H,1H2,2-6H3. The SMILES string of the molecule is C=CC(C)(C)OC(=O)C(C)(C)C. The first-order valence-corrected chi connectivity index (χ1v) is 4.06. The van der Waals surface area contributed by atoms with Crippen molar-refractivity contribution >= 4 is 5.97 Å². The van der Waals surface area contributed by atoms with E-state index in [1.807, 2.05) is 34.6 Å². The van der Waals surface area contributed by atoms with Gasteiger partial charge in [-0.25, -0.2) is 0 Å². The average molecular weight is 170 g/mol. The molecule has 0 fully saturated rings. The van der Waals surface area contributed by atoms with Crippen molar-refractivity contribution in [1.29, 1.82) is 0 Å². The normalized spacial score (nSPS) is 12.4. The molecule has 12 heavy (non-hydrogen) atoms. The summed E-state index contributed by atoms with van der Waals surface area (Å²) in [5.41, 5.74) is -1.01. The molecule has 0 rings (SSSR count). The zero-order chi connectivity index (χ0) is 9.99. The van der Waals surface area contributed by atoms with E-state index in [1.165, 1.54) is 0 Å². The number of hydrogen-bond donors (Lipinski definition) is 0. The van der Waals surface area contributed by atoms with Gasteiger partial charge < -0.3 is 4.74 Å². The fourth-order valence-corrected chi connectivity index (χ4v) is 0.434. The van der Waals surface area contributed by atoms with Crippen LogP contribution < -0.4 is 0 Å². The molecular weight excluding hydrogens is 152 g/mol. The summed E-state index contributed by atoms with van der Waals surface area (Å²) < 4.78 is 5.19. The second-order valence-electron chi connectivity index (χ2n) is 4.45. The van der Waals surface area contributed by atoms with Gasteiger partial charge in [-0.2, -0.15) is 0 Å². The molecule has 0 saturated carbocycles. The van der Waals surface area contributed by atoms with Gasteiger partial charge in [-0.05, 0) is 40.7 Å². The largest absolute Gasteiger partial charge is 0.455 e. The van der Waals surface area contributed by atoms with Crippen LogP contribution in [0.3, 0.4) is 0 Å². The Bertz CT molecular complexity index is 185. The van der Waals surface area contributed by atoms with Crippen molar-refractivity contribution in [2.24, 2.45) is 5.41 Å². The molecule has 0 heterocycles. The third kappa shape index (κ3) is 3.56. The highest BCUT2D eigenvalue weighted by molar-refractivity contribution is 5.75. The topological polar surface area (TPSA) is 26.3 Å². The van der Waals surface area contributed by atoms with Crippen molar-refractivity contribution in [2.45, 2.75) is 40.2 Å². The van der Waals surface area contributed by atoms with Crippen LogP contribution in [0.1, 0.15) is 34.6 Å². The van der Waals surface area contributed by atoms with Crippen LogP contribution in [-0.4, -0.2) is 11.6 Å². The maximum atomic E-state index is 11.4. The Balaban J connectivity index is 4.29. The summed E-state index contributed by atoms with van der Waals surface area (Å²) in [6, 6.07) is 0. The molecule has 0 spiro atoms. The van der Waals surface area contributed by atoms with Gasteiger partial charge in [0.05, 0.1) is 5.41 Å². The van der Waals surface area contributed by atoms with Crippen molar-refractivity contribution in [3.05, 3.63) is 12.7 Å². The molecule has 0 atom stereocenters. The number of esters is 1. The van der Waals surface area contributed by atoms with Gasteiger partial charge in [0, 0.05) is 0 Å². The van der Waals surface area contributed by atoms with Gasteiger partial charge in [0.2, 0.25) is 0 Å². The first-order chi connectivity index (χ1) is 5.19. The lowest BCUT2D eigenvalue weighted by Gasteiger charge is -2.26. The second-order valence-corrected chi connectivity index (χ2v) is 4.45. The quantitative estimate of drug-likeness (QED) is 0.470. The molecule has 0 aromatic carbocycles. The molecular formula is C10H18O2. The summed E-state index contributed by atoms with van der Waals surface area (Å²) in [7, 11) is 0. The summed E-state index contributed by atoms with van der Waals surface area (Å²) in [6.07, 6.45) is 1.62. The van der Waals surface area contributed by atoms with Gasteiger partial charge in [0.25, 0.3) is 0 Å². The molecule has 0 unspecified atom stereocenters. The van der Waals surface area contributed by atoms with Crippen LogP contribution in [0.25, 0.3) is 0 Å². The third-order valence-electron chi connectivity index (χ3n) is 1.46. The predicted molar refractivity (Wildman–Crippen MR) is 49.8 cm³/mol. The molecule has 0 aliphatic rings. The first kappa shape index (κ1) is 11.2. The molecule has 0 bridgehead atoms. The van der Waals surface area contributed by atoms with Crippen LogP contribution >= 0.6 is 0 Å². The summed E-state index contributed by atoms with van der Waals surface area (Å²) in [5, 5.41) is 0. The highest BCUT2D eigenvalue weighted by atomic mass is 16.6. The molecule has 0 saturated heterocycles. The van der Waals surface area contributed by atoms with E-state index in [0.29, 0.717) is 0 Å². The number of carbonyl (C=O) groups is 1. The average Bonchev–Trinajstić information content (AvgIpc) is 1.85. The minimum absolute atomic E-state index is 0.201. The van der Waals surface area contributed by atoms with E-state index in [-0.39, 0.29) is 5.97 Å². The first-order valence-electron chi connectivity index (χ1n) is 4.06. The van der Waals surface area contributed by atoms with Crippen LogP contribution in [0.5, 0.6) is 0 Å². The fourth-order valence-electron chi connectivity index (χ4n) is 0.434. The van der Waals surface area contributed by atoms with Crippen LogP contribution in [0.4, 0.5) is 0 Å². The van der Waals surface area contributed by atoms with Crippen molar-refractivity contribution in [2.75, 3.05) is 0 Å². The number of rotatable bonds is 2. The molecule has 0 aliphatic carbocycles. The van der Waals surface area contributed by atoms with Crippen molar-refractivity contribution in [3.8, 4) is 0 Å². The lowest BCUT2D eigenvalue weighted by atomic mass is 9.97. The number of carbonyl (C=O) groups excluding carboxylic acids is 1. The van der Waals surface area contributed by atoms with Crippen LogP contribution in [0.15, 0.2) is 12.7 Å². The van der Waals surface area contributed by atoms with Gasteiger partial charge in [-0.15, -0.1) is 0 Å². The Morgan fingerprint density at radius 2 is 1.67 bits per heavy atom. The molecule has 0 aromatic rings. The van der Waals surface area contributed by atoms with Gasteiger partial charge in [0.15, 0.2) is 0 Å². The molecule has 0 aromatic heterocycles. The van der Waals surface area contributed by atoms with Crippen molar-refractivity contribution in [3.63, 3.8) is 0 Å². The number of ether oxygens (including phenoxy) is 1. The lowest BCUT2D eigenvalue weighted by Crippen LogP contribution is -2.32. The highest BCUT2D eigenvalue weighted by Gasteiger charge is 2.28. The van der Waals surface area contributed by atoms with E-state index >= 15 is 0 Å². The summed E-state index contributed by atoms with van der Waals surface area (Å²) in [4.78, 5) is 11.4. The van der Waals surface area contributed by atoms with E-state index in [0.717, 1.165) is 0 Å². The highest BCUT2D eigenvalue weighted by Crippen LogP contribution is 2.20. The fraction of sp³-hybridized carbons (Fsp3) is 0.700. The van der Waals surface area contributed by atoms with Gasteiger partial charge in [0.1, 0.15) is 5.60 Å². The Kier molecular flexibility index (Phi) is 3.08. The van der Waals surface area contributed by atoms with Crippen molar-refractivity contribution < 1.29 is 9.53 Å². The van der Waals surface area contributed by atoms with Crippen LogP contribution in [0, 0.1) is 5.41 Å². The Hall–Kier alpha value is -0.790. The summed E-state index contributed by atoms with van der Waals surface area (Å²) in [5.74, 6) is -0.201. The summed E-state index contributed by atoms with van der Waals surface area (Å²) >= 11 is 0. The predicted octanol–water partition coefficient (Wildman–Crippen LogP) is 2.54. The van der Waals surface area contributed by atoms with E-state index < -0.39 is 11.0 Å². The summed E-state index contributed by atoms with van der Waals surface area (Å²) in [6.45, 7) is 12.7. The van der Waals surface area contributed by atoms with Gasteiger partial charge in [-0.1, -0.05) is 6.58 Å². The number of hydrogen-bond acceptors (Lipinski definition) is 2. The van der Waals surface area contributed by atoms with Crippen molar-refractivity contribution in [1.82, 2.24) is 0 Å². The molecule has 0 aliphatic heterocycles. The Morgan fingerprint density at radius 3 is 1.92 bits per heavy atom. The minimum Gasteiger partial charge on any atom is -0.455 e. The second kappa shape index (κ2) is 3.30. The van der Waals surface area contributed by atoms with Crippen LogP contribution in [0.2, 0.25) is 0 Å². The molecule has 0 radical (unpaired) electrons. The molecule has 70 valence electrons. The van der Waals surface area contributed by atoms with E-state index in [1.54, 1.807) is 6.08 Å². The molecule has 0 N–H and O–H groups in total. The molecule has 2 nitrogen and oxygen atoms in total. The van der Waals surface area contributed by atoms with E-state index in [4.69, 9.17) is 4.74 Å². The van der Waals surface area contributed by atoms with E-state index in [9.17, 15) is 4.79 Å². The Labute approximate surface area is 74.6 Å². The van der Waals surface area contributed by atoms with E-state index in [2.05, 4.69) is 6.58 Å². The molecule has 2 heteroatoms. The van der Waals surface area contributed by atoms with Crippen LogP contribution in [-0.2, 0) is 9.53 Å². The zero-order valence-electron chi connectivity index (χ0n) is 8.60. The maximum Gasteiger partial charge on any atom is 0.312 e. The van der Waals surface area contributed by atoms with Gasteiger partial charge >= 0.3 is 5.97 Å². The smallest absolute Gasteiger partial charge is 0.312 e. The third-order valence-corrected chi connectivity index (χ3v) is 1.46. The zero-order valence-corrected chi connectivity index (χ0v) is 8.60. The minimum atomic E-state index is -0.565. The molecule has 0 amide bonds. The Morgan fingerprint density at radius 1 is 1.25 bits per heavy atom. The maximum absolute atomic E-state index is 11.4. The van der Waals surface area contributed by atoms with Gasteiger partial charge in [-0.3, -0.25) is 4.79 Å².